The fourth-order valence-corrected chi connectivity index (χ4v) is 5.05. The summed E-state index contributed by atoms with van der Waals surface area (Å²) >= 11 is 6.42. The number of aryl methyl sites for hydroxylation is 1. The Kier molecular flexibility index (Phi) is 7.75. The maximum Gasteiger partial charge on any atom is 0.255 e. The Hall–Kier alpha value is -2.92. The summed E-state index contributed by atoms with van der Waals surface area (Å²) in [7, 11) is 0. The molecule has 2 aromatic carbocycles. The molecule has 0 aliphatic carbocycles. The molecular weight excluding hydrogens is 464 g/mol. The molecule has 184 valence electrons. The second-order valence-electron chi connectivity index (χ2n) is 9.45. The highest BCUT2D eigenvalue weighted by atomic mass is 35.5. The van der Waals surface area contributed by atoms with E-state index in [0.29, 0.717) is 41.5 Å². The van der Waals surface area contributed by atoms with Crippen LogP contribution < -0.4 is 5.32 Å². The first-order valence-electron chi connectivity index (χ1n) is 12.0. The number of nitrogens with zero attached hydrogens (tertiary/aromatic N) is 3. The average Bonchev–Trinajstić information content (AvgIpc) is 3.37. The van der Waals surface area contributed by atoms with Gasteiger partial charge in [0.05, 0.1) is 11.6 Å². The van der Waals surface area contributed by atoms with E-state index in [4.69, 9.17) is 16.3 Å². The number of ether oxygens (including phenoxy) is 1. The summed E-state index contributed by atoms with van der Waals surface area (Å²) in [6.45, 7) is 9.41. The molecule has 4 rings (SSSR count). The van der Waals surface area contributed by atoms with Gasteiger partial charge in [-0.15, -0.1) is 0 Å². The Morgan fingerprint density at radius 2 is 2.03 bits per heavy atom. The van der Waals surface area contributed by atoms with Crippen molar-refractivity contribution in [1.29, 1.82) is 5.26 Å². The zero-order chi connectivity index (χ0) is 25.1. The molecule has 2 aromatic rings. The minimum Gasteiger partial charge on any atom is -0.368 e. The number of nitrogens with one attached hydrogen (secondary N) is 1. The van der Waals surface area contributed by atoms with Gasteiger partial charge in [0.15, 0.2) is 0 Å². The molecule has 0 spiro atoms. The second kappa shape index (κ2) is 10.8. The lowest BCUT2D eigenvalue weighted by Crippen LogP contribution is -2.55. The largest absolute Gasteiger partial charge is 0.368 e. The number of hydrogen-bond acceptors (Lipinski definition) is 5. The van der Waals surface area contributed by atoms with Crippen LogP contribution in [0, 0.1) is 25.2 Å². The number of rotatable bonds is 5. The van der Waals surface area contributed by atoms with Crippen molar-refractivity contribution in [3.05, 3.63) is 63.2 Å². The molecule has 2 atom stereocenters. The van der Waals surface area contributed by atoms with Crippen LogP contribution in [0.15, 0.2) is 30.3 Å². The topological polar surface area (TPSA) is 85.7 Å². The Balaban J connectivity index is 1.44. The quantitative estimate of drug-likeness (QED) is 0.670. The van der Waals surface area contributed by atoms with E-state index >= 15 is 0 Å². The lowest BCUT2D eigenvalue weighted by Gasteiger charge is -2.41. The van der Waals surface area contributed by atoms with Crippen molar-refractivity contribution in [3.63, 3.8) is 0 Å². The number of anilines is 1. The lowest BCUT2D eigenvalue weighted by atomic mass is 10.0. The van der Waals surface area contributed by atoms with Gasteiger partial charge in [0.25, 0.3) is 11.8 Å². The lowest BCUT2D eigenvalue weighted by molar-refractivity contribution is -0.145. The second-order valence-corrected chi connectivity index (χ2v) is 9.89. The Morgan fingerprint density at radius 3 is 2.71 bits per heavy atom. The van der Waals surface area contributed by atoms with Gasteiger partial charge in [-0.25, -0.2) is 0 Å². The van der Waals surface area contributed by atoms with Gasteiger partial charge < -0.3 is 15.0 Å². The van der Waals surface area contributed by atoms with Crippen molar-refractivity contribution >= 4 is 29.1 Å². The number of carbonyl (C=O) groups excluding carboxylic acids is 2. The van der Waals surface area contributed by atoms with Crippen molar-refractivity contribution in [2.24, 2.45) is 0 Å². The zero-order valence-corrected chi connectivity index (χ0v) is 21.2. The van der Waals surface area contributed by atoms with E-state index < -0.39 is 0 Å². The van der Waals surface area contributed by atoms with E-state index in [9.17, 15) is 14.9 Å². The molecule has 0 bridgehead atoms. The van der Waals surface area contributed by atoms with Crippen molar-refractivity contribution in [2.45, 2.75) is 52.3 Å². The third kappa shape index (κ3) is 5.67. The van der Waals surface area contributed by atoms with Gasteiger partial charge in [-0.3, -0.25) is 14.5 Å². The molecule has 0 saturated carbocycles. The fourth-order valence-electron chi connectivity index (χ4n) is 4.81. The SMILES string of the molecule is Cc1ccc(C(=O)Nc2cc(Cl)cc(CN3CCN(C(=O)[C@@H]4CCCO4)[C@@H](C)C3)c2C)cc1C#N. The van der Waals surface area contributed by atoms with Crippen LogP contribution in [0.2, 0.25) is 5.02 Å². The Labute approximate surface area is 211 Å². The number of hydrogen-bond donors (Lipinski definition) is 1. The number of halogens is 1. The van der Waals surface area contributed by atoms with E-state index in [2.05, 4.69) is 23.2 Å². The van der Waals surface area contributed by atoms with Crippen molar-refractivity contribution in [3.8, 4) is 6.07 Å². The molecule has 35 heavy (non-hydrogen) atoms. The normalized spacial score (nSPS) is 20.5. The molecule has 0 radical (unpaired) electrons. The van der Waals surface area contributed by atoms with Gasteiger partial charge >= 0.3 is 0 Å². The van der Waals surface area contributed by atoms with E-state index in [0.717, 1.165) is 42.6 Å². The molecule has 8 heteroatoms. The minimum atomic E-state index is -0.289. The van der Waals surface area contributed by atoms with Crippen LogP contribution in [-0.2, 0) is 16.1 Å². The molecule has 2 aliphatic heterocycles. The van der Waals surface area contributed by atoms with Gasteiger partial charge in [-0.05, 0) is 74.6 Å². The molecular formula is C27H31ClN4O3. The highest BCUT2D eigenvalue weighted by Gasteiger charge is 2.34. The minimum absolute atomic E-state index is 0.0926. The molecule has 1 N–H and O–H groups in total. The van der Waals surface area contributed by atoms with Crippen LogP contribution >= 0.6 is 11.6 Å². The van der Waals surface area contributed by atoms with Gasteiger partial charge in [0, 0.05) is 55.1 Å². The molecule has 0 unspecified atom stereocenters. The summed E-state index contributed by atoms with van der Waals surface area (Å²) in [6.07, 6.45) is 1.46. The third-order valence-corrected chi connectivity index (χ3v) is 7.16. The van der Waals surface area contributed by atoms with Crippen molar-refractivity contribution in [1.82, 2.24) is 9.80 Å². The number of carbonyl (C=O) groups is 2. The predicted octanol–water partition coefficient (Wildman–Crippen LogP) is 4.29. The molecule has 2 amide bonds. The molecule has 2 heterocycles. The summed E-state index contributed by atoms with van der Waals surface area (Å²) in [5, 5.41) is 12.8. The number of benzene rings is 2. The monoisotopic (exact) mass is 494 g/mol. The third-order valence-electron chi connectivity index (χ3n) is 6.94. The standard InChI is InChI=1S/C27H31ClN4O3/c1-17-6-7-20(11-21(17)14-29)26(33)30-24-13-23(28)12-22(19(24)3)16-31-8-9-32(18(2)15-31)27(34)25-5-4-10-35-25/h6-7,11-13,18,25H,4-5,8-10,15-16H2,1-3H3,(H,30,33)/t18-,25-/m0/s1. The van der Waals surface area contributed by atoms with E-state index in [-0.39, 0.29) is 24.0 Å². The summed E-state index contributed by atoms with van der Waals surface area (Å²) in [5.41, 5.74) is 4.36. The van der Waals surface area contributed by atoms with Crippen molar-refractivity contribution in [2.75, 3.05) is 31.6 Å². The molecule has 2 aliphatic rings. The molecule has 0 aromatic heterocycles. The zero-order valence-electron chi connectivity index (χ0n) is 20.4. The maximum atomic E-state index is 12.9. The van der Waals surface area contributed by atoms with Gasteiger partial charge in [-0.1, -0.05) is 17.7 Å². The van der Waals surface area contributed by atoms with E-state index in [1.165, 1.54) is 0 Å². The van der Waals surface area contributed by atoms with Crippen LogP contribution in [0.25, 0.3) is 0 Å². The van der Waals surface area contributed by atoms with Gasteiger partial charge in [0.1, 0.15) is 6.10 Å². The van der Waals surface area contributed by atoms with Gasteiger partial charge in [-0.2, -0.15) is 5.26 Å². The van der Waals surface area contributed by atoms with Crippen molar-refractivity contribution < 1.29 is 14.3 Å². The highest BCUT2D eigenvalue weighted by molar-refractivity contribution is 6.31. The fraction of sp³-hybridized carbons (Fsp3) is 0.444. The first-order valence-corrected chi connectivity index (χ1v) is 12.4. The maximum absolute atomic E-state index is 12.9. The van der Waals surface area contributed by atoms with Crippen LogP contribution in [0.3, 0.4) is 0 Å². The predicted molar refractivity (Wildman–Crippen MR) is 135 cm³/mol. The Morgan fingerprint density at radius 1 is 1.23 bits per heavy atom. The Bertz CT molecular complexity index is 1170. The van der Waals surface area contributed by atoms with E-state index in [1.54, 1.807) is 24.3 Å². The highest BCUT2D eigenvalue weighted by Crippen LogP contribution is 2.28. The summed E-state index contributed by atoms with van der Waals surface area (Å²) < 4.78 is 5.59. The summed E-state index contributed by atoms with van der Waals surface area (Å²) in [5.74, 6) is -0.179. The first kappa shape index (κ1) is 25.2. The number of nitriles is 1. The number of piperazine rings is 1. The van der Waals surface area contributed by atoms with E-state index in [1.807, 2.05) is 24.8 Å². The number of amides is 2. The first-order chi connectivity index (χ1) is 16.8. The average molecular weight is 495 g/mol. The smallest absolute Gasteiger partial charge is 0.255 e. The summed E-state index contributed by atoms with van der Waals surface area (Å²) in [4.78, 5) is 30.0. The van der Waals surface area contributed by atoms with Crippen LogP contribution in [0.5, 0.6) is 0 Å². The van der Waals surface area contributed by atoms with Crippen LogP contribution in [-0.4, -0.2) is 60.0 Å². The molecule has 2 fully saturated rings. The van der Waals surface area contributed by atoms with Gasteiger partial charge in [0.2, 0.25) is 0 Å². The summed E-state index contributed by atoms with van der Waals surface area (Å²) in [6, 6.07) is 11.0. The van der Waals surface area contributed by atoms with Crippen LogP contribution in [0.4, 0.5) is 5.69 Å². The molecule has 2 saturated heterocycles. The van der Waals surface area contributed by atoms with Crippen LogP contribution in [0.1, 0.15) is 52.4 Å². The molecule has 7 nitrogen and oxygen atoms in total.